The molecule has 1 fully saturated rings. The first-order valence-electron chi connectivity index (χ1n) is 10.3. The lowest BCUT2D eigenvalue weighted by Gasteiger charge is -2.15. The van der Waals surface area contributed by atoms with Crippen LogP contribution in [0.5, 0.6) is 0 Å². The van der Waals surface area contributed by atoms with Gasteiger partial charge in [-0.3, -0.25) is 4.79 Å². The number of primary amides is 1. The van der Waals surface area contributed by atoms with E-state index in [0.717, 1.165) is 12.8 Å². The number of fused-ring (bicyclic) bond motifs is 2. The topological polar surface area (TPSA) is 112 Å². The SMILES string of the molecule is Cc1c(C(N)=O)c(=O)oc2cc3c(cc12)nc(Nc1ccccc1F)n3CC1CCCO1. The fourth-order valence-electron chi connectivity index (χ4n) is 4.21. The van der Waals surface area contributed by atoms with Gasteiger partial charge in [0.15, 0.2) is 0 Å². The van der Waals surface area contributed by atoms with Crippen LogP contribution in [0.15, 0.2) is 45.6 Å². The van der Waals surface area contributed by atoms with Gasteiger partial charge in [-0.05, 0) is 43.5 Å². The summed E-state index contributed by atoms with van der Waals surface area (Å²) in [5, 5.41) is 3.63. The number of ether oxygens (including phenoxy) is 1. The standard InChI is InChI=1S/C23H21FN4O4/c1-12-14-9-17-18(10-19(14)32-22(30)20(12)21(25)29)28(11-13-5-4-8-31-13)23(27-17)26-16-7-3-2-6-15(16)24/h2-3,6-7,9-10,13H,4-5,8,11H2,1H3,(H2,25,29)(H,26,27). The van der Waals surface area contributed by atoms with Gasteiger partial charge in [-0.1, -0.05) is 12.1 Å². The minimum absolute atomic E-state index is 0.00440. The molecule has 3 N–H and O–H groups in total. The van der Waals surface area contributed by atoms with E-state index in [1.54, 1.807) is 37.3 Å². The van der Waals surface area contributed by atoms with Crippen LogP contribution < -0.4 is 16.7 Å². The third-order valence-corrected chi connectivity index (χ3v) is 5.81. The number of nitrogens with one attached hydrogen (secondary N) is 1. The highest BCUT2D eigenvalue weighted by atomic mass is 19.1. The molecule has 8 nitrogen and oxygen atoms in total. The second-order valence-electron chi connectivity index (χ2n) is 7.88. The lowest BCUT2D eigenvalue weighted by molar-refractivity contribution is 0.0982. The molecule has 0 radical (unpaired) electrons. The van der Waals surface area contributed by atoms with Crippen LogP contribution in [-0.2, 0) is 11.3 Å². The molecule has 0 saturated carbocycles. The number of rotatable bonds is 5. The van der Waals surface area contributed by atoms with E-state index in [1.165, 1.54) is 6.07 Å². The molecule has 0 aliphatic carbocycles. The minimum Gasteiger partial charge on any atom is -0.422 e. The Balaban J connectivity index is 1.71. The summed E-state index contributed by atoms with van der Waals surface area (Å²) in [6.45, 7) is 2.84. The lowest BCUT2D eigenvalue weighted by Crippen LogP contribution is -2.22. The molecule has 9 heteroatoms. The first-order valence-corrected chi connectivity index (χ1v) is 10.3. The fraction of sp³-hybridized carbons (Fsp3) is 0.261. The van der Waals surface area contributed by atoms with Gasteiger partial charge < -0.3 is 24.8 Å². The molecule has 4 aromatic rings. The molecule has 0 bridgehead atoms. The number of imidazole rings is 1. The van der Waals surface area contributed by atoms with E-state index in [4.69, 9.17) is 14.9 Å². The third kappa shape index (κ3) is 3.40. The van der Waals surface area contributed by atoms with Crippen LogP contribution in [0.2, 0.25) is 0 Å². The van der Waals surface area contributed by atoms with Gasteiger partial charge in [0.1, 0.15) is 17.0 Å². The Bertz CT molecular complexity index is 1420. The largest absolute Gasteiger partial charge is 0.422 e. The summed E-state index contributed by atoms with van der Waals surface area (Å²) in [5.74, 6) is -0.809. The number of hydrogen-bond acceptors (Lipinski definition) is 6. The van der Waals surface area contributed by atoms with Crippen LogP contribution in [0.25, 0.3) is 22.0 Å². The monoisotopic (exact) mass is 436 g/mol. The molecule has 2 aromatic carbocycles. The molecule has 1 atom stereocenters. The summed E-state index contributed by atoms with van der Waals surface area (Å²) >= 11 is 0. The third-order valence-electron chi connectivity index (χ3n) is 5.81. The second kappa shape index (κ2) is 7.76. The Morgan fingerprint density at radius 2 is 2.16 bits per heavy atom. The Labute approximate surface area is 181 Å². The molecule has 0 spiro atoms. The van der Waals surface area contributed by atoms with E-state index in [2.05, 4.69) is 10.3 Å². The van der Waals surface area contributed by atoms with Crippen molar-refractivity contribution in [3.63, 3.8) is 0 Å². The molecule has 32 heavy (non-hydrogen) atoms. The summed E-state index contributed by atoms with van der Waals surface area (Å²) in [6.07, 6.45) is 1.87. The van der Waals surface area contributed by atoms with Gasteiger partial charge in [0, 0.05) is 18.1 Å². The molecule has 1 unspecified atom stereocenters. The number of para-hydroxylation sites is 1. The van der Waals surface area contributed by atoms with Crippen molar-refractivity contribution in [2.24, 2.45) is 5.73 Å². The van der Waals surface area contributed by atoms with Crippen molar-refractivity contribution in [1.29, 1.82) is 0 Å². The van der Waals surface area contributed by atoms with Crippen LogP contribution in [0.3, 0.4) is 0 Å². The average Bonchev–Trinajstić information content (AvgIpc) is 3.37. The Hall–Kier alpha value is -3.72. The van der Waals surface area contributed by atoms with Crippen molar-refractivity contribution >= 4 is 39.5 Å². The highest BCUT2D eigenvalue weighted by molar-refractivity contribution is 6.01. The number of hydrogen-bond donors (Lipinski definition) is 2. The van der Waals surface area contributed by atoms with Crippen LogP contribution >= 0.6 is 0 Å². The van der Waals surface area contributed by atoms with E-state index < -0.39 is 17.3 Å². The van der Waals surface area contributed by atoms with E-state index in [1.807, 2.05) is 4.57 Å². The number of anilines is 2. The zero-order chi connectivity index (χ0) is 22.4. The number of nitrogens with two attached hydrogens (primary N) is 1. The molecule has 164 valence electrons. The number of aryl methyl sites for hydroxylation is 1. The molecule has 2 aromatic heterocycles. The van der Waals surface area contributed by atoms with Crippen LogP contribution in [0.1, 0.15) is 28.8 Å². The maximum absolute atomic E-state index is 14.3. The zero-order valence-corrected chi connectivity index (χ0v) is 17.4. The van der Waals surface area contributed by atoms with Crippen LogP contribution in [-0.4, -0.2) is 28.2 Å². The maximum Gasteiger partial charge on any atom is 0.349 e. The number of carbonyl (C=O) groups is 1. The van der Waals surface area contributed by atoms with Gasteiger partial charge in [-0.2, -0.15) is 0 Å². The van der Waals surface area contributed by atoms with Gasteiger partial charge in [-0.25, -0.2) is 14.2 Å². The molecular weight excluding hydrogens is 415 g/mol. The molecule has 1 saturated heterocycles. The number of halogens is 1. The normalized spacial score (nSPS) is 16.1. The quantitative estimate of drug-likeness (QED) is 0.462. The van der Waals surface area contributed by atoms with Gasteiger partial charge >= 0.3 is 5.63 Å². The minimum atomic E-state index is -0.843. The molecule has 1 amide bonds. The molecular formula is C23H21FN4O4. The van der Waals surface area contributed by atoms with Crippen molar-refractivity contribution in [2.75, 3.05) is 11.9 Å². The van der Waals surface area contributed by atoms with E-state index in [-0.39, 0.29) is 11.7 Å². The molecule has 5 rings (SSSR count). The molecule has 1 aliphatic rings. The predicted octanol–water partition coefficient (Wildman–Crippen LogP) is 3.61. The van der Waals surface area contributed by atoms with E-state index >= 15 is 0 Å². The Kier molecular flexibility index (Phi) is 4.90. The summed E-state index contributed by atoms with van der Waals surface area (Å²) in [7, 11) is 0. The van der Waals surface area contributed by atoms with Gasteiger partial charge in [-0.15, -0.1) is 0 Å². The highest BCUT2D eigenvalue weighted by Gasteiger charge is 2.23. The van der Waals surface area contributed by atoms with Crippen LogP contribution in [0.4, 0.5) is 16.0 Å². The van der Waals surface area contributed by atoms with Crippen LogP contribution in [0, 0.1) is 12.7 Å². The summed E-state index contributed by atoms with van der Waals surface area (Å²) in [5.41, 5.74) is 6.73. The van der Waals surface area contributed by atoms with Crippen molar-refractivity contribution in [3.05, 3.63) is 63.8 Å². The number of aromatic nitrogens is 2. The Morgan fingerprint density at radius 3 is 2.88 bits per heavy atom. The van der Waals surface area contributed by atoms with Crippen molar-refractivity contribution in [3.8, 4) is 0 Å². The van der Waals surface area contributed by atoms with Crippen molar-refractivity contribution in [1.82, 2.24) is 9.55 Å². The maximum atomic E-state index is 14.3. The highest BCUT2D eigenvalue weighted by Crippen LogP contribution is 2.31. The van der Waals surface area contributed by atoms with Gasteiger partial charge in [0.25, 0.3) is 5.91 Å². The first-order chi connectivity index (χ1) is 15.4. The fourth-order valence-corrected chi connectivity index (χ4v) is 4.21. The average molecular weight is 436 g/mol. The van der Waals surface area contributed by atoms with Gasteiger partial charge in [0.05, 0.1) is 29.4 Å². The summed E-state index contributed by atoms with van der Waals surface area (Å²) in [6, 6.07) is 9.79. The zero-order valence-electron chi connectivity index (χ0n) is 17.4. The van der Waals surface area contributed by atoms with E-state index in [0.29, 0.717) is 52.4 Å². The van der Waals surface area contributed by atoms with Crippen molar-refractivity contribution < 1.29 is 18.3 Å². The smallest absolute Gasteiger partial charge is 0.349 e. The number of carbonyl (C=O) groups excluding carboxylic acids is 1. The first kappa shape index (κ1) is 20.2. The number of benzene rings is 2. The molecule has 1 aliphatic heterocycles. The Morgan fingerprint density at radius 1 is 1.34 bits per heavy atom. The second-order valence-corrected chi connectivity index (χ2v) is 7.88. The molecule has 3 heterocycles. The van der Waals surface area contributed by atoms with Crippen molar-refractivity contribution in [2.45, 2.75) is 32.4 Å². The lowest BCUT2D eigenvalue weighted by atomic mass is 10.1. The van der Waals surface area contributed by atoms with Gasteiger partial charge in [0.2, 0.25) is 5.95 Å². The predicted molar refractivity (Wildman–Crippen MR) is 118 cm³/mol. The summed E-state index contributed by atoms with van der Waals surface area (Å²) in [4.78, 5) is 28.7. The van der Waals surface area contributed by atoms with E-state index in [9.17, 15) is 14.0 Å². The number of amides is 1. The number of nitrogens with zero attached hydrogens (tertiary/aromatic N) is 2. The summed E-state index contributed by atoms with van der Waals surface area (Å²) < 4.78 is 27.4.